The Hall–Kier alpha value is -1.44. The standard InChI is InChI=1S/C17H27N3O3S/c1-24(22,23)18-13-17(21)19-16-10-6-12-20(14-16)11-5-9-15-7-3-2-4-8-15/h2-4,7-8,16,18H,5-6,9-14H2,1H3,(H,19,21)/t16-/m0/s1. The van der Waals surface area contributed by atoms with E-state index in [0.717, 1.165) is 51.6 Å². The molecule has 0 spiro atoms. The summed E-state index contributed by atoms with van der Waals surface area (Å²) in [5.41, 5.74) is 1.35. The van der Waals surface area contributed by atoms with Crippen LogP contribution in [0.5, 0.6) is 0 Å². The van der Waals surface area contributed by atoms with Gasteiger partial charge in [-0.3, -0.25) is 4.79 Å². The molecule has 0 bridgehead atoms. The predicted octanol–water partition coefficient (Wildman–Crippen LogP) is 0.749. The summed E-state index contributed by atoms with van der Waals surface area (Å²) in [6.45, 7) is 2.72. The van der Waals surface area contributed by atoms with Gasteiger partial charge in [-0.05, 0) is 44.3 Å². The highest BCUT2D eigenvalue weighted by Gasteiger charge is 2.21. The van der Waals surface area contributed by atoms with Crippen LogP contribution in [0.2, 0.25) is 0 Å². The lowest BCUT2D eigenvalue weighted by molar-refractivity contribution is -0.121. The molecule has 1 atom stereocenters. The Morgan fingerprint density at radius 3 is 2.75 bits per heavy atom. The van der Waals surface area contributed by atoms with Crippen molar-refractivity contribution >= 4 is 15.9 Å². The van der Waals surface area contributed by atoms with Gasteiger partial charge in [-0.15, -0.1) is 0 Å². The first-order valence-electron chi connectivity index (χ1n) is 8.43. The van der Waals surface area contributed by atoms with Crippen molar-refractivity contribution in [2.75, 3.05) is 32.4 Å². The Morgan fingerprint density at radius 2 is 2.04 bits per heavy atom. The fraction of sp³-hybridized carbons (Fsp3) is 0.588. The molecular formula is C17H27N3O3S. The van der Waals surface area contributed by atoms with Gasteiger partial charge in [0.15, 0.2) is 0 Å². The second-order valence-corrected chi connectivity index (χ2v) is 8.22. The Kier molecular flexibility index (Phi) is 7.20. The minimum Gasteiger partial charge on any atom is -0.351 e. The van der Waals surface area contributed by atoms with Crippen LogP contribution >= 0.6 is 0 Å². The number of piperidine rings is 1. The number of likely N-dealkylation sites (tertiary alicyclic amines) is 1. The fourth-order valence-corrected chi connectivity index (χ4v) is 3.40. The van der Waals surface area contributed by atoms with Gasteiger partial charge < -0.3 is 10.2 Å². The zero-order valence-electron chi connectivity index (χ0n) is 14.2. The maximum atomic E-state index is 11.8. The minimum atomic E-state index is -3.33. The van der Waals surface area contributed by atoms with Crippen LogP contribution in [-0.4, -0.2) is 57.7 Å². The second-order valence-electron chi connectivity index (χ2n) is 6.39. The van der Waals surface area contributed by atoms with Gasteiger partial charge in [0.05, 0.1) is 12.8 Å². The van der Waals surface area contributed by atoms with Crippen molar-refractivity contribution in [1.29, 1.82) is 0 Å². The van der Waals surface area contributed by atoms with E-state index in [4.69, 9.17) is 0 Å². The summed E-state index contributed by atoms with van der Waals surface area (Å²) in [4.78, 5) is 14.2. The number of nitrogens with zero attached hydrogens (tertiary/aromatic N) is 1. The van der Waals surface area contributed by atoms with Crippen molar-refractivity contribution in [3.8, 4) is 0 Å². The van der Waals surface area contributed by atoms with Crippen LogP contribution in [0.1, 0.15) is 24.8 Å². The van der Waals surface area contributed by atoms with Gasteiger partial charge in [0, 0.05) is 12.6 Å². The number of rotatable bonds is 8. The van der Waals surface area contributed by atoms with E-state index in [2.05, 4.69) is 39.2 Å². The van der Waals surface area contributed by atoms with Gasteiger partial charge in [0.25, 0.3) is 0 Å². The van der Waals surface area contributed by atoms with Gasteiger partial charge in [0.2, 0.25) is 15.9 Å². The molecule has 0 saturated carbocycles. The zero-order valence-corrected chi connectivity index (χ0v) is 15.0. The van der Waals surface area contributed by atoms with Crippen molar-refractivity contribution in [3.05, 3.63) is 35.9 Å². The molecule has 0 radical (unpaired) electrons. The SMILES string of the molecule is CS(=O)(=O)NCC(=O)N[C@H]1CCCN(CCCc2ccccc2)C1. The van der Waals surface area contributed by atoms with Crippen LogP contribution in [0.25, 0.3) is 0 Å². The van der Waals surface area contributed by atoms with Gasteiger partial charge in [0.1, 0.15) is 0 Å². The number of carbonyl (C=O) groups is 1. The van der Waals surface area contributed by atoms with Crippen LogP contribution in [0, 0.1) is 0 Å². The third-order valence-electron chi connectivity index (χ3n) is 4.15. The van der Waals surface area contributed by atoms with E-state index in [0.29, 0.717) is 0 Å². The highest BCUT2D eigenvalue weighted by Crippen LogP contribution is 2.11. The first-order chi connectivity index (χ1) is 11.4. The Morgan fingerprint density at radius 1 is 1.29 bits per heavy atom. The number of sulfonamides is 1. The van der Waals surface area contributed by atoms with Crippen molar-refractivity contribution in [3.63, 3.8) is 0 Å². The van der Waals surface area contributed by atoms with Gasteiger partial charge >= 0.3 is 0 Å². The minimum absolute atomic E-state index is 0.101. The molecule has 0 aliphatic carbocycles. The normalized spacial score (nSPS) is 19.1. The van der Waals surface area contributed by atoms with E-state index >= 15 is 0 Å². The molecule has 6 nitrogen and oxygen atoms in total. The summed E-state index contributed by atoms with van der Waals surface area (Å²) >= 11 is 0. The number of hydrogen-bond donors (Lipinski definition) is 2. The van der Waals surface area contributed by atoms with Gasteiger partial charge in [-0.25, -0.2) is 13.1 Å². The number of amides is 1. The van der Waals surface area contributed by atoms with Gasteiger partial charge in [-0.1, -0.05) is 30.3 Å². The van der Waals surface area contributed by atoms with E-state index in [-0.39, 0.29) is 18.5 Å². The van der Waals surface area contributed by atoms with Crippen molar-refractivity contribution < 1.29 is 13.2 Å². The van der Waals surface area contributed by atoms with Gasteiger partial charge in [-0.2, -0.15) is 0 Å². The van der Waals surface area contributed by atoms with Crippen molar-refractivity contribution in [2.24, 2.45) is 0 Å². The average Bonchev–Trinajstić information content (AvgIpc) is 2.54. The molecule has 1 saturated heterocycles. The lowest BCUT2D eigenvalue weighted by atomic mass is 10.0. The largest absolute Gasteiger partial charge is 0.351 e. The summed E-state index contributed by atoms with van der Waals surface area (Å²) in [6, 6.07) is 10.5. The second kappa shape index (κ2) is 9.15. The maximum Gasteiger partial charge on any atom is 0.235 e. The van der Waals surface area contributed by atoms with Crippen LogP contribution in [0.15, 0.2) is 30.3 Å². The lowest BCUT2D eigenvalue weighted by Crippen LogP contribution is -2.50. The quantitative estimate of drug-likeness (QED) is 0.723. The van der Waals surface area contributed by atoms with Crippen LogP contribution in [0.3, 0.4) is 0 Å². The first-order valence-corrected chi connectivity index (χ1v) is 10.3. The summed E-state index contributed by atoms with van der Waals surface area (Å²) in [6.07, 6.45) is 5.21. The molecule has 134 valence electrons. The molecule has 1 aliphatic rings. The zero-order chi connectivity index (χ0) is 17.4. The number of benzene rings is 1. The number of aryl methyl sites for hydroxylation is 1. The molecule has 1 amide bonds. The van der Waals surface area contributed by atoms with E-state index in [1.807, 2.05) is 6.07 Å². The maximum absolute atomic E-state index is 11.8. The van der Waals surface area contributed by atoms with Crippen molar-refractivity contribution in [1.82, 2.24) is 14.9 Å². The smallest absolute Gasteiger partial charge is 0.235 e. The number of nitrogens with one attached hydrogen (secondary N) is 2. The average molecular weight is 353 g/mol. The molecule has 1 heterocycles. The highest BCUT2D eigenvalue weighted by atomic mass is 32.2. The predicted molar refractivity (Wildman–Crippen MR) is 95.2 cm³/mol. The summed E-state index contributed by atoms with van der Waals surface area (Å²) in [7, 11) is -3.33. The number of hydrogen-bond acceptors (Lipinski definition) is 4. The Labute approximate surface area is 144 Å². The Balaban J connectivity index is 1.68. The molecule has 7 heteroatoms. The molecule has 0 unspecified atom stereocenters. The molecule has 0 aromatic heterocycles. The third-order valence-corrected chi connectivity index (χ3v) is 4.82. The fourth-order valence-electron chi connectivity index (χ4n) is 3.00. The first kappa shape index (κ1) is 18.9. The van der Waals surface area contributed by atoms with Crippen LogP contribution in [0.4, 0.5) is 0 Å². The molecule has 24 heavy (non-hydrogen) atoms. The van der Waals surface area contributed by atoms with E-state index in [1.165, 1.54) is 5.56 Å². The molecule has 1 fully saturated rings. The monoisotopic (exact) mass is 353 g/mol. The van der Waals surface area contributed by atoms with Crippen molar-refractivity contribution in [2.45, 2.75) is 31.7 Å². The summed E-state index contributed by atoms with van der Waals surface area (Å²) in [5.74, 6) is -0.267. The number of carbonyl (C=O) groups excluding carboxylic acids is 1. The molecule has 2 N–H and O–H groups in total. The molecule has 1 aliphatic heterocycles. The topological polar surface area (TPSA) is 78.5 Å². The Bertz CT molecular complexity index is 619. The summed E-state index contributed by atoms with van der Waals surface area (Å²) < 4.78 is 24.3. The molecule has 1 aromatic rings. The van der Waals surface area contributed by atoms with Crippen LogP contribution in [-0.2, 0) is 21.2 Å². The van der Waals surface area contributed by atoms with E-state index in [9.17, 15) is 13.2 Å². The molecule has 1 aromatic carbocycles. The summed E-state index contributed by atoms with van der Waals surface area (Å²) in [5, 5.41) is 2.92. The third kappa shape index (κ3) is 7.42. The van der Waals surface area contributed by atoms with E-state index < -0.39 is 10.0 Å². The molecule has 2 rings (SSSR count). The van der Waals surface area contributed by atoms with E-state index in [1.54, 1.807) is 0 Å². The van der Waals surface area contributed by atoms with Crippen LogP contribution < -0.4 is 10.0 Å². The molecular weight excluding hydrogens is 326 g/mol. The highest BCUT2D eigenvalue weighted by molar-refractivity contribution is 7.88. The lowest BCUT2D eigenvalue weighted by Gasteiger charge is -2.33.